The summed E-state index contributed by atoms with van der Waals surface area (Å²) >= 11 is 0. The minimum atomic E-state index is -0.130. The van der Waals surface area contributed by atoms with Crippen molar-refractivity contribution in [1.82, 2.24) is 5.32 Å². The van der Waals surface area contributed by atoms with Crippen molar-refractivity contribution in [2.75, 3.05) is 6.61 Å². The zero-order valence-electron chi connectivity index (χ0n) is 9.57. The lowest BCUT2D eigenvalue weighted by molar-refractivity contribution is -0.126. The molecule has 0 spiro atoms. The van der Waals surface area contributed by atoms with E-state index in [1.807, 2.05) is 13.8 Å². The van der Waals surface area contributed by atoms with Gasteiger partial charge in [0, 0.05) is 12.0 Å². The van der Waals surface area contributed by atoms with Crippen LogP contribution >= 0.6 is 0 Å². The molecule has 0 bridgehead atoms. The number of hydrogen-bond donors (Lipinski definition) is 3. The first-order chi connectivity index (χ1) is 7.04. The summed E-state index contributed by atoms with van der Waals surface area (Å²) in [6.07, 6.45) is 2.59. The maximum absolute atomic E-state index is 11.8. The average molecular weight is 214 g/mol. The Morgan fingerprint density at radius 3 is 2.60 bits per heavy atom. The molecule has 0 aromatic carbocycles. The zero-order chi connectivity index (χ0) is 11.4. The zero-order valence-corrected chi connectivity index (χ0v) is 9.57. The first kappa shape index (κ1) is 12.5. The normalized spacial score (nSPS) is 28.1. The van der Waals surface area contributed by atoms with Crippen molar-refractivity contribution in [3.8, 4) is 0 Å². The van der Waals surface area contributed by atoms with E-state index in [-0.39, 0.29) is 36.4 Å². The summed E-state index contributed by atoms with van der Waals surface area (Å²) in [6, 6.07) is 0.0432. The fourth-order valence-electron chi connectivity index (χ4n) is 1.98. The minimum Gasteiger partial charge on any atom is -0.394 e. The van der Waals surface area contributed by atoms with Crippen LogP contribution in [-0.4, -0.2) is 29.7 Å². The van der Waals surface area contributed by atoms with Crippen LogP contribution in [0.25, 0.3) is 0 Å². The molecule has 0 saturated heterocycles. The second kappa shape index (κ2) is 5.47. The topological polar surface area (TPSA) is 75.3 Å². The SMILES string of the molecule is CC(C)[C@@H](CO)NC(=O)C1CCC(N)C1. The molecule has 4 heteroatoms. The smallest absolute Gasteiger partial charge is 0.223 e. The fraction of sp³-hybridized carbons (Fsp3) is 0.909. The minimum absolute atomic E-state index is 0.00216. The Morgan fingerprint density at radius 1 is 1.53 bits per heavy atom. The van der Waals surface area contributed by atoms with Crippen molar-refractivity contribution in [1.29, 1.82) is 0 Å². The third kappa shape index (κ3) is 3.47. The highest BCUT2D eigenvalue weighted by atomic mass is 16.3. The van der Waals surface area contributed by atoms with Crippen LogP contribution < -0.4 is 11.1 Å². The van der Waals surface area contributed by atoms with Crippen molar-refractivity contribution in [3.63, 3.8) is 0 Å². The maximum atomic E-state index is 11.8. The third-order valence-corrected chi connectivity index (χ3v) is 3.17. The second-order valence-electron chi connectivity index (χ2n) is 4.81. The van der Waals surface area contributed by atoms with Crippen LogP contribution in [-0.2, 0) is 4.79 Å². The standard InChI is InChI=1S/C11H22N2O2/c1-7(2)10(6-14)13-11(15)8-3-4-9(12)5-8/h7-10,14H,3-6,12H2,1-2H3,(H,13,15)/t8?,9?,10-/m1/s1. The largest absolute Gasteiger partial charge is 0.394 e. The monoisotopic (exact) mass is 214 g/mol. The Balaban J connectivity index is 2.40. The molecule has 1 fully saturated rings. The van der Waals surface area contributed by atoms with Crippen molar-refractivity contribution >= 4 is 5.91 Å². The van der Waals surface area contributed by atoms with E-state index in [0.29, 0.717) is 0 Å². The number of aliphatic hydroxyl groups excluding tert-OH is 1. The predicted molar refractivity (Wildman–Crippen MR) is 59.2 cm³/mol. The van der Waals surface area contributed by atoms with E-state index >= 15 is 0 Å². The molecule has 0 aromatic heterocycles. The van der Waals surface area contributed by atoms with Crippen LogP contribution in [0.3, 0.4) is 0 Å². The second-order valence-corrected chi connectivity index (χ2v) is 4.81. The van der Waals surface area contributed by atoms with Gasteiger partial charge in [-0.1, -0.05) is 13.8 Å². The van der Waals surface area contributed by atoms with Gasteiger partial charge >= 0.3 is 0 Å². The summed E-state index contributed by atoms with van der Waals surface area (Å²) in [5.74, 6) is 0.359. The highest BCUT2D eigenvalue weighted by molar-refractivity contribution is 5.79. The molecule has 4 nitrogen and oxygen atoms in total. The fourth-order valence-corrected chi connectivity index (χ4v) is 1.98. The van der Waals surface area contributed by atoms with Gasteiger partial charge in [-0.2, -0.15) is 0 Å². The van der Waals surface area contributed by atoms with E-state index in [4.69, 9.17) is 10.8 Å². The Kier molecular flexibility index (Phi) is 4.54. The van der Waals surface area contributed by atoms with Crippen LogP contribution in [0.5, 0.6) is 0 Å². The van der Waals surface area contributed by atoms with Crippen LogP contribution in [0.4, 0.5) is 0 Å². The summed E-state index contributed by atoms with van der Waals surface area (Å²) < 4.78 is 0. The third-order valence-electron chi connectivity index (χ3n) is 3.17. The molecule has 1 rings (SSSR count). The molecule has 1 aliphatic rings. The first-order valence-corrected chi connectivity index (χ1v) is 5.71. The van der Waals surface area contributed by atoms with Crippen molar-refractivity contribution in [2.45, 2.75) is 45.2 Å². The lowest BCUT2D eigenvalue weighted by atomic mass is 10.0. The number of nitrogens with one attached hydrogen (secondary N) is 1. The van der Waals surface area contributed by atoms with E-state index in [1.54, 1.807) is 0 Å². The predicted octanol–water partition coefficient (Wildman–Crippen LogP) is 0.247. The summed E-state index contributed by atoms with van der Waals surface area (Å²) in [5.41, 5.74) is 5.76. The van der Waals surface area contributed by atoms with Crippen LogP contribution in [0, 0.1) is 11.8 Å². The van der Waals surface area contributed by atoms with Crippen molar-refractivity contribution < 1.29 is 9.90 Å². The van der Waals surface area contributed by atoms with Crippen LogP contribution in [0.1, 0.15) is 33.1 Å². The van der Waals surface area contributed by atoms with Gasteiger partial charge in [0.15, 0.2) is 0 Å². The van der Waals surface area contributed by atoms with Gasteiger partial charge in [-0.3, -0.25) is 4.79 Å². The van der Waals surface area contributed by atoms with Gasteiger partial charge in [-0.25, -0.2) is 0 Å². The Morgan fingerprint density at radius 2 is 2.20 bits per heavy atom. The lowest BCUT2D eigenvalue weighted by Gasteiger charge is -2.22. The van der Waals surface area contributed by atoms with Gasteiger partial charge in [0.2, 0.25) is 5.91 Å². The van der Waals surface area contributed by atoms with Crippen molar-refractivity contribution in [3.05, 3.63) is 0 Å². The van der Waals surface area contributed by atoms with E-state index in [1.165, 1.54) is 0 Å². The highest BCUT2D eigenvalue weighted by Gasteiger charge is 2.29. The molecule has 0 radical (unpaired) electrons. The van der Waals surface area contributed by atoms with Gasteiger partial charge in [0.05, 0.1) is 12.6 Å². The summed E-state index contributed by atoms with van der Waals surface area (Å²) in [5, 5.41) is 12.0. The lowest BCUT2D eigenvalue weighted by Crippen LogP contribution is -2.43. The number of carbonyl (C=O) groups is 1. The Labute approximate surface area is 91.2 Å². The molecular formula is C11H22N2O2. The number of amides is 1. The van der Waals surface area contributed by atoms with Gasteiger partial charge in [-0.15, -0.1) is 0 Å². The molecule has 0 heterocycles. The van der Waals surface area contributed by atoms with Gasteiger partial charge in [0.25, 0.3) is 0 Å². The average Bonchev–Trinajstić information content (AvgIpc) is 2.60. The maximum Gasteiger partial charge on any atom is 0.223 e. The number of rotatable bonds is 4. The molecule has 4 N–H and O–H groups in total. The highest BCUT2D eigenvalue weighted by Crippen LogP contribution is 2.24. The summed E-state index contributed by atoms with van der Waals surface area (Å²) in [4.78, 5) is 11.8. The molecule has 0 aromatic rings. The number of carbonyl (C=O) groups excluding carboxylic acids is 1. The van der Waals surface area contributed by atoms with E-state index in [9.17, 15) is 4.79 Å². The molecule has 2 unspecified atom stereocenters. The van der Waals surface area contributed by atoms with Crippen LogP contribution in [0.2, 0.25) is 0 Å². The molecule has 1 aliphatic carbocycles. The summed E-state index contributed by atoms with van der Waals surface area (Å²) in [6.45, 7) is 3.98. The van der Waals surface area contributed by atoms with Crippen molar-refractivity contribution in [2.24, 2.45) is 17.6 Å². The molecule has 88 valence electrons. The number of nitrogens with two attached hydrogens (primary N) is 1. The Hall–Kier alpha value is -0.610. The van der Waals surface area contributed by atoms with Gasteiger partial charge in [0.1, 0.15) is 0 Å². The van der Waals surface area contributed by atoms with Gasteiger partial charge < -0.3 is 16.2 Å². The molecule has 3 atom stereocenters. The van der Waals surface area contributed by atoms with E-state index in [0.717, 1.165) is 19.3 Å². The molecule has 0 aliphatic heterocycles. The number of hydrogen-bond acceptors (Lipinski definition) is 3. The Bertz CT molecular complexity index is 219. The number of aliphatic hydroxyl groups is 1. The summed E-state index contributed by atoms with van der Waals surface area (Å²) in [7, 11) is 0. The molecular weight excluding hydrogens is 192 g/mol. The van der Waals surface area contributed by atoms with Gasteiger partial charge in [-0.05, 0) is 25.2 Å². The molecule has 1 saturated carbocycles. The van der Waals surface area contributed by atoms with E-state index < -0.39 is 0 Å². The first-order valence-electron chi connectivity index (χ1n) is 5.71. The molecule has 15 heavy (non-hydrogen) atoms. The van der Waals surface area contributed by atoms with E-state index in [2.05, 4.69) is 5.32 Å². The quantitative estimate of drug-likeness (QED) is 0.628. The van der Waals surface area contributed by atoms with Crippen LogP contribution in [0.15, 0.2) is 0 Å². The molecule has 1 amide bonds.